The van der Waals surface area contributed by atoms with Crippen molar-refractivity contribution < 1.29 is 26.7 Å². The first kappa shape index (κ1) is 14.8. The van der Waals surface area contributed by atoms with Gasteiger partial charge in [-0.25, -0.2) is 22.0 Å². The minimum atomic E-state index is -1.75. The maximum absolute atomic E-state index is 13.4. The van der Waals surface area contributed by atoms with Crippen LogP contribution in [0.15, 0.2) is 24.3 Å². The van der Waals surface area contributed by atoms with Crippen LogP contribution in [0.1, 0.15) is 10.4 Å². The fraction of sp³-hybridized carbons (Fsp3) is 0. The number of benzene rings is 2. The van der Waals surface area contributed by atoms with Gasteiger partial charge >= 0.3 is 0 Å². The molecule has 0 heterocycles. The number of nitrogens with two attached hydrogens (primary N) is 1. The quantitative estimate of drug-likeness (QED) is 0.508. The highest BCUT2D eigenvalue weighted by molar-refractivity contribution is 6.04. The molecule has 0 bridgehead atoms. The molecule has 0 fully saturated rings. The summed E-state index contributed by atoms with van der Waals surface area (Å²) in [5, 5.41) is 1.68. The van der Waals surface area contributed by atoms with Crippen LogP contribution < -0.4 is 11.1 Å². The highest BCUT2D eigenvalue weighted by Crippen LogP contribution is 2.25. The maximum atomic E-state index is 13.4. The Hall–Kier alpha value is -2.64. The molecule has 0 aliphatic carbocycles. The smallest absolute Gasteiger partial charge is 0.255 e. The van der Waals surface area contributed by atoms with Crippen LogP contribution in [0.25, 0.3) is 0 Å². The zero-order valence-electron chi connectivity index (χ0n) is 10.2. The molecule has 1 amide bonds. The Labute approximate surface area is 115 Å². The molecule has 0 saturated carbocycles. The van der Waals surface area contributed by atoms with E-state index >= 15 is 0 Å². The molecule has 0 atom stereocenters. The molecular weight excluding hydrogens is 295 g/mol. The van der Waals surface area contributed by atoms with Crippen LogP contribution in [0.4, 0.5) is 33.3 Å². The number of nitrogens with one attached hydrogen (secondary N) is 1. The number of carbonyl (C=O) groups is 1. The molecule has 110 valence electrons. The van der Waals surface area contributed by atoms with Crippen LogP contribution in [-0.2, 0) is 0 Å². The summed E-state index contributed by atoms with van der Waals surface area (Å²) in [5.41, 5.74) is 3.35. The summed E-state index contributed by atoms with van der Waals surface area (Å²) in [6.45, 7) is 0. The lowest BCUT2D eigenvalue weighted by Crippen LogP contribution is -2.16. The number of halogens is 5. The molecule has 2 aromatic carbocycles. The van der Waals surface area contributed by atoms with Crippen LogP contribution in [0, 0.1) is 29.1 Å². The van der Waals surface area contributed by atoms with E-state index in [0.717, 1.165) is 18.2 Å². The normalized spacial score (nSPS) is 10.5. The van der Waals surface area contributed by atoms with Gasteiger partial charge in [-0.1, -0.05) is 0 Å². The number of anilines is 2. The third-order valence-corrected chi connectivity index (χ3v) is 2.61. The van der Waals surface area contributed by atoms with Gasteiger partial charge < -0.3 is 11.1 Å². The van der Waals surface area contributed by atoms with Gasteiger partial charge in [-0.2, -0.15) is 0 Å². The van der Waals surface area contributed by atoms with Crippen LogP contribution in [-0.4, -0.2) is 5.91 Å². The summed E-state index contributed by atoms with van der Waals surface area (Å²) in [7, 11) is 0. The third kappa shape index (κ3) is 2.78. The second-order valence-corrected chi connectivity index (χ2v) is 4.03. The molecule has 3 nitrogen and oxygen atoms in total. The monoisotopic (exact) mass is 302 g/mol. The Bertz CT molecular complexity index is 707. The highest BCUT2D eigenvalue weighted by Gasteiger charge is 2.21. The standard InChI is InChI=1S/C13H7F5N2O/c14-6-2-1-5(3-9(6)19)13(21)20-12-10(17)7(15)4-8(16)11(12)18/h1-4H,19H2,(H,20,21). The molecule has 0 spiro atoms. The van der Waals surface area contributed by atoms with E-state index in [1.807, 2.05) is 0 Å². The minimum absolute atomic E-state index is 0.0101. The van der Waals surface area contributed by atoms with Crippen LogP contribution in [0.5, 0.6) is 0 Å². The average molecular weight is 302 g/mol. The first-order valence-electron chi connectivity index (χ1n) is 5.50. The van der Waals surface area contributed by atoms with Gasteiger partial charge in [0.05, 0.1) is 5.69 Å². The second kappa shape index (κ2) is 5.39. The molecular formula is C13H7F5N2O. The zero-order valence-corrected chi connectivity index (χ0v) is 10.2. The van der Waals surface area contributed by atoms with Crippen molar-refractivity contribution in [1.82, 2.24) is 0 Å². The van der Waals surface area contributed by atoms with Gasteiger partial charge in [0.2, 0.25) is 0 Å². The Morgan fingerprint density at radius 3 is 2.00 bits per heavy atom. The van der Waals surface area contributed by atoms with E-state index in [0.29, 0.717) is 0 Å². The summed E-state index contributed by atoms with van der Waals surface area (Å²) in [6, 6.07) is 2.78. The van der Waals surface area contributed by atoms with Crippen molar-refractivity contribution in [2.75, 3.05) is 11.1 Å². The van der Waals surface area contributed by atoms with Crippen molar-refractivity contribution in [1.29, 1.82) is 0 Å². The number of hydrogen-bond donors (Lipinski definition) is 2. The predicted molar refractivity (Wildman–Crippen MR) is 65.0 cm³/mol. The van der Waals surface area contributed by atoms with Gasteiger partial charge in [-0.05, 0) is 18.2 Å². The van der Waals surface area contributed by atoms with Gasteiger partial charge in [0.15, 0.2) is 23.3 Å². The SMILES string of the molecule is Nc1cc(C(=O)Nc2c(F)c(F)cc(F)c2F)ccc1F. The Morgan fingerprint density at radius 1 is 0.905 bits per heavy atom. The van der Waals surface area contributed by atoms with Crippen molar-refractivity contribution >= 4 is 17.3 Å². The topological polar surface area (TPSA) is 55.1 Å². The molecule has 8 heteroatoms. The van der Waals surface area contributed by atoms with E-state index in [2.05, 4.69) is 0 Å². The fourth-order valence-electron chi connectivity index (χ4n) is 1.55. The number of rotatable bonds is 2. The summed E-state index contributed by atoms with van der Waals surface area (Å²) >= 11 is 0. The fourth-order valence-corrected chi connectivity index (χ4v) is 1.55. The van der Waals surface area contributed by atoms with Crippen LogP contribution in [0.3, 0.4) is 0 Å². The summed E-state index contributed by atoms with van der Waals surface area (Å²) in [5.74, 6) is -8.73. The summed E-state index contributed by atoms with van der Waals surface area (Å²) < 4.78 is 65.7. The van der Waals surface area contributed by atoms with Gasteiger partial charge in [0.25, 0.3) is 5.91 Å². The Balaban J connectivity index is 2.38. The minimum Gasteiger partial charge on any atom is -0.396 e. The molecule has 0 radical (unpaired) electrons. The number of carbonyl (C=O) groups excluding carboxylic acids is 1. The van der Waals surface area contributed by atoms with Gasteiger partial charge in [-0.15, -0.1) is 0 Å². The largest absolute Gasteiger partial charge is 0.396 e. The van der Waals surface area contributed by atoms with Crippen LogP contribution >= 0.6 is 0 Å². The molecule has 2 rings (SSSR count). The van der Waals surface area contributed by atoms with Gasteiger partial charge in [-0.3, -0.25) is 4.79 Å². The van der Waals surface area contributed by atoms with E-state index in [9.17, 15) is 26.7 Å². The maximum Gasteiger partial charge on any atom is 0.255 e. The van der Waals surface area contributed by atoms with Crippen molar-refractivity contribution in [3.8, 4) is 0 Å². The predicted octanol–water partition coefficient (Wildman–Crippen LogP) is 3.22. The van der Waals surface area contributed by atoms with Crippen molar-refractivity contribution in [3.05, 3.63) is 58.9 Å². The van der Waals surface area contributed by atoms with E-state index < -0.39 is 40.7 Å². The molecule has 0 aliphatic rings. The zero-order chi connectivity index (χ0) is 15.7. The number of hydrogen-bond acceptors (Lipinski definition) is 2. The molecule has 3 N–H and O–H groups in total. The van der Waals surface area contributed by atoms with E-state index in [1.165, 1.54) is 0 Å². The average Bonchev–Trinajstić information content (AvgIpc) is 2.44. The molecule has 21 heavy (non-hydrogen) atoms. The van der Waals surface area contributed by atoms with Gasteiger partial charge in [0, 0.05) is 11.6 Å². The lowest BCUT2D eigenvalue weighted by Gasteiger charge is -2.09. The first-order valence-corrected chi connectivity index (χ1v) is 5.50. The third-order valence-electron chi connectivity index (χ3n) is 2.61. The Kier molecular flexibility index (Phi) is 3.79. The number of amides is 1. The summed E-state index contributed by atoms with van der Waals surface area (Å²) in [4.78, 5) is 11.7. The van der Waals surface area contributed by atoms with E-state index in [4.69, 9.17) is 5.73 Å². The lowest BCUT2D eigenvalue weighted by molar-refractivity contribution is 0.102. The highest BCUT2D eigenvalue weighted by atomic mass is 19.2. The van der Waals surface area contributed by atoms with E-state index in [-0.39, 0.29) is 17.3 Å². The Morgan fingerprint density at radius 2 is 1.48 bits per heavy atom. The van der Waals surface area contributed by atoms with E-state index in [1.54, 1.807) is 5.32 Å². The van der Waals surface area contributed by atoms with Crippen molar-refractivity contribution in [2.45, 2.75) is 0 Å². The van der Waals surface area contributed by atoms with Crippen molar-refractivity contribution in [3.63, 3.8) is 0 Å². The molecule has 0 aliphatic heterocycles. The molecule has 0 saturated heterocycles. The lowest BCUT2D eigenvalue weighted by atomic mass is 10.1. The molecule has 0 unspecified atom stereocenters. The number of nitrogen functional groups attached to an aromatic ring is 1. The first-order chi connectivity index (χ1) is 9.81. The molecule has 0 aromatic heterocycles. The van der Waals surface area contributed by atoms with Crippen LogP contribution in [0.2, 0.25) is 0 Å². The molecule has 2 aromatic rings. The van der Waals surface area contributed by atoms with Crippen molar-refractivity contribution in [2.24, 2.45) is 0 Å². The van der Waals surface area contributed by atoms with Gasteiger partial charge in [0.1, 0.15) is 11.5 Å². The summed E-state index contributed by atoms with van der Waals surface area (Å²) in [6.07, 6.45) is 0. The second-order valence-electron chi connectivity index (χ2n) is 4.03.